The molecule has 52 heavy (non-hydrogen) atoms. The molecule has 0 bridgehead atoms. The van der Waals surface area contributed by atoms with Crippen molar-refractivity contribution in [3.63, 3.8) is 0 Å². The van der Waals surface area contributed by atoms with Gasteiger partial charge in [-0.25, -0.2) is 4.39 Å². The molecular weight excluding hydrogens is 698 g/mol. The molecule has 2 N–H and O–H groups in total. The van der Waals surface area contributed by atoms with E-state index in [1.165, 1.54) is 75.6 Å². The fourth-order valence-corrected chi connectivity index (χ4v) is 5.01. The summed E-state index contributed by atoms with van der Waals surface area (Å²) in [7, 11) is 1.36. The topological polar surface area (TPSA) is 158 Å². The van der Waals surface area contributed by atoms with Crippen LogP contribution < -0.4 is 20.1 Å². The molecule has 0 spiro atoms. The summed E-state index contributed by atoms with van der Waals surface area (Å²) in [4.78, 5) is 52.8. The summed E-state index contributed by atoms with van der Waals surface area (Å²) >= 11 is 0. The number of carbonyl (C=O) groups excluding carboxylic acids is 4. The zero-order valence-corrected chi connectivity index (χ0v) is 27.9. The number of nitrogens with one attached hydrogen (secondary N) is 2. The number of Topliss-reactive ketones (excluding diaryl/α,β-unsaturated/α-hetero) is 2. The highest BCUT2D eigenvalue weighted by molar-refractivity contribution is 6.09. The first-order valence-electron chi connectivity index (χ1n) is 15.5. The van der Waals surface area contributed by atoms with E-state index in [1.54, 1.807) is 0 Å². The van der Waals surface area contributed by atoms with Crippen molar-refractivity contribution in [2.45, 2.75) is 50.9 Å². The third-order valence-electron chi connectivity index (χ3n) is 7.71. The number of ketones is 2. The van der Waals surface area contributed by atoms with Gasteiger partial charge >= 0.3 is 12.1 Å². The largest absolute Gasteiger partial charge is 0.497 e. The van der Waals surface area contributed by atoms with Gasteiger partial charge in [0.2, 0.25) is 5.78 Å². The molecule has 274 valence electrons. The summed E-state index contributed by atoms with van der Waals surface area (Å²) < 4.78 is 92.7. The predicted molar refractivity (Wildman–Crippen MR) is 171 cm³/mol. The van der Waals surface area contributed by atoms with Crippen LogP contribution in [-0.4, -0.2) is 55.2 Å². The van der Waals surface area contributed by atoms with E-state index < -0.39 is 78.2 Å². The van der Waals surface area contributed by atoms with Crippen LogP contribution in [0.1, 0.15) is 48.6 Å². The van der Waals surface area contributed by atoms with Crippen LogP contribution in [-0.2, 0) is 25.6 Å². The molecule has 10 nitrogen and oxygen atoms in total. The molecule has 0 heterocycles. The molecule has 0 saturated carbocycles. The molecule has 3 aromatic rings. The minimum atomic E-state index is -5.04. The third kappa shape index (κ3) is 11.1. The second-order valence-electron chi connectivity index (χ2n) is 11.9. The molecule has 0 aliphatic rings. The smallest absolute Gasteiger partial charge is 0.405 e. The minimum Gasteiger partial charge on any atom is -0.497 e. The van der Waals surface area contributed by atoms with Gasteiger partial charge in [0, 0.05) is 18.8 Å². The van der Waals surface area contributed by atoms with E-state index in [-0.39, 0.29) is 34.4 Å². The van der Waals surface area contributed by atoms with E-state index in [2.05, 4.69) is 5.32 Å². The van der Waals surface area contributed by atoms with Crippen LogP contribution >= 0.6 is 0 Å². The number of rotatable bonds is 16. The molecule has 16 heteroatoms. The van der Waals surface area contributed by atoms with Gasteiger partial charge in [-0.2, -0.15) is 32.5 Å². The standard InChI is InChI=1S/C36H32F6N4O6/c1-20(2)28(32(48)36(41,42)34(50)45-19-35(38,39)40)16-29(47)31(24-7-9-26(51-3)10-8-24)46-33(49)30(15-21-5-4-6-25(37)12-21)52-27-13-22(17-43)11-23(14-27)18-44/h4-14,20,28,30-31H,15-16,19H2,1-3H3,(H,45,50)(H,46,49)/t28-,30+,31-/m0/s1. The van der Waals surface area contributed by atoms with Crippen molar-refractivity contribution in [1.29, 1.82) is 10.5 Å². The number of benzene rings is 3. The van der Waals surface area contributed by atoms with Crippen molar-refractivity contribution in [3.8, 4) is 23.6 Å². The van der Waals surface area contributed by atoms with E-state index in [0.29, 0.717) is 5.75 Å². The number of nitriles is 2. The number of carbonyl (C=O) groups is 4. The number of hydrogen-bond donors (Lipinski definition) is 2. The molecule has 0 aliphatic heterocycles. The van der Waals surface area contributed by atoms with Crippen LogP contribution in [0.4, 0.5) is 26.3 Å². The van der Waals surface area contributed by atoms with E-state index in [9.17, 15) is 56.0 Å². The monoisotopic (exact) mass is 730 g/mol. The normalized spacial score (nSPS) is 13.2. The molecule has 3 rings (SSSR count). The molecule has 3 aromatic carbocycles. The molecular formula is C36H32F6N4O6. The van der Waals surface area contributed by atoms with Crippen LogP contribution in [0.15, 0.2) is 66.7 Å². The van der Waals surface area contributed by atoms with Gasteiger partial charge in [0.1, 0.15) is 29.9 Å². The molecule has 2 amide bonds. The maximum absolute atomic E-state index is 14.9. The quantitative estimate of drug-likeness (QED) is 0.144. The van der Waals surface area contributed by atoms with Crippen molar-refractivity contribution < 1.29 is 55.0 Å². The van der Waals surface area contributed by atoms with Crippen molar-refractivity contribution in [2.75, 3.05) is 13.7 Å². The van der Waals surface area contributed by atoms with Crippen LogP contribution in [0.25, 0.3) is 0 Å². The number of hydrogen-bond acceptors (Lipinski definition) is 8. The van der Waals surface area contributed by atoms with Crippen molar-refractivity contribution >= 4 is 23.4 Å². The molecule has 0 radical (unpaired) electrons. The number of amides is 2. The first-order chi connectivity index (χ1) is 24.4. The Kier molecular flexibility index (Phi) is 13.5. The highest BCUT2D eigenvalue weighted by Crippen LogP contribution is 2.31. The summed E-state index contributed by atoms with van der Waals surface area (Å²) in [5, 5.41) is 22.3. The maximum Gasteiger partial charge on any atom is 0.405 e. The Labute approximate surface area is 294 Å². The summed E-state index contributed by atoms with van der Waals surface area (Å²) in [5.41, 5.74) is 0.379. The third-order valence-corrected chi connectivity index (χ3v) is 7.71. The summed E-state index contributed by atoms with van der Waals surface area (Å²) in [5.74, 6) is -14.9. The number of methoxy groups -OCH3 is 1. The molecule has 3 atom stereocenters. The molecule has 0 unspecified atom stereocenters. The van der Waals surface area contributed by atoms with E-state index in [1.807, 2.05) is 12.1 Å². The Morgan fingerprint density at radius 3 is 2.00 bits per heavy atom. The number of ether oxygens (including phenoxy) is 2. The van der Waals surface area contributed by atoms with Crippen molar-refractivity contribution in [2.24, 2.45) is 11.8 Å². The lowest BCUT2D eigenvalue weighted by molar-refractivity contribution is -0.167. The summed E-state index contributed by atoms with van der Waals surface area (Å²) in [6.45, 7) is 0.450. The predicted octanol–water partition coefficient (Wildman–Crippen LogP) is 5.54. The van der Waals surface area contributed by atoms with Crippen molar-refractivity contribution in [3.05, 3.63) is 94.8 Å². The Morgan fingerprint density at radius 2 is 1.48 bits per heavy atom. The Hall–Kier alpha value is -5.90. The second-order valence-corrected chi connectivity index (χ2v) is 11.9. The van der Waals surface area contributed by atoms with Gasteiger partial charge in [-0.1, -0.05) is 38.1 Å². The Balaban J connectivity index is 2.01. The number of nitrogens with zero attached hydrogens (tertiary/aromatic N) is 2. The van der Waals surface area contributed by atoms with Gasteiger partial charge in [-0.05, 0) is 59.5 Å². The fraction of sp³-hybridized carbons (Fsp3) is 0.333. The van der Waals surface area contributed by atoms with Crippen molar-refractivity contribution in [1.82, 2.24) is 10.6 Å². The lowest BCUT2D eigenvalue weighted by Gasteiger charge is -2.27. The minimum absolute atomic E-state index is 0.0125. The lowest BCUT2D eigenvalue weighted by Crippen LogP contribution is -2.51. The van der Waals surface area contributed by atoms with E-state index in [0.717, 1.165) is 17.4 Å². The molecule has 0 fully saturated rings. The highest BCUT2D eigenvalue weighted by atomic mass is 19.4. The summed E-state index contributed by atoms with van der Waals surface area (Å²) in [6.07, 6.45) is -7.89. The summed E-state index contributed by atoms with van der Waals surface area (Å²) in [6, 6.07) is 16.5. The zero-order valence-electron chi connectivity index (χ0n) is 27.9. The fourth-order valence-electron chi connectivity index (χ4n) is 5.01. The lowest BCUT2D eigenvalue weighted by atomic mass is 9.82. The second kappa shape index (κ2) is 17.4. The van der Waals surface area contributed by atoms with Crippen LogP contribution in [0.5, 0.6) is 11.5 Å². The molecule has 0 aromatic heterocycles. The first kappa shape index (κ1) is 40.5. The Bertz CT molecular complexity index is 1840. The van der Waals surface area contributed by atoms with E-state index in [4.69, 9.17) is 9.47 Å². The molecule has 0 saturated heterocycles. The van der Waals surface area contributed by atoms with Gasteiger partial charge in [-0.3, -0.25) is 19.2 Å². The first-order valence-corrected chi connectivity index (χ1v) is 15.5. The highest BCUT2D eigenvalue weighted by Gasteiger charge is 2.52. The van der Waals surface area contributed by atoms with E-state index >= 15 is 0 Å². The average Bonchev–Trinajstić information content (AvgIpc) is 3.10. The van der Waals surface area contributed by atoms with Gasteiger partial charge in [-0.15, -0.1) is 0 Å². The van der Waals surface area contributed by atoms with Gasteiger partial charge < -0.3 is 20.1 Å². The average molecular weight is 731 g/mol. The zero-order chi connectivity index (χ0) is 38.8. The Morgan fingerprint density at radius 1 is 0.865 bits per heavy atom. The van der Waals surface area contributed by atoms with Crippen LogP contribution in [0.2, 0.25) is 0 Å². The molecule has 0 aliphatic carbocycles. The van der Waals surface area contributed by atoms with Gasteiger partial charge in [0.05, 0.1) is 30.4 Å². The number of halogens is 6. The van der Waals surface area contributed by atoms with Gasteiger partial charge in [0.15, 0.2) is 11.9 Å². The van der Waals surface area contributed by atoms with Crippen LogP contribution in [0, 0.1) is 40.3 Å². The number of alkyl halides is 5. The maximum atomic E-state index is 14.9. The SMILES string of the molecule is COc1ccc([C@H](NC(=O)[C@@H](Cc2cccc(F)c2)Oc2cc(C#N)cc(C#N)c2)C(=O)C[C@H](C(=O)C(F)(F)C(=O)NCC(F)(F)F)C(C)C)cc1. The van der Waals surface area contributed by atoms with Gasteiger partial charge in [0.25, 0.3) is 11.8 Å². The van der Waals surface area contributed by atoms with Crippen LogP contribution in [0.3, 0.4) is 0 Å².